The number of aromatic amines is 1. The van der Waals surface area contributed by atoms with Crippen molar-refractivity contribution in [2.45, 2.75) is 13.8 Å². The van der Waals surface area contributed by atoms with E-state index in [4.69, 9.17) is 4.42 Å². The van der Waals surface area contributed by atoms with Gasteiger partial charge >= 0.3 is 0 Å². The third-order valence-corrected chi connectivity index (χ3v) is 1.94. The van der Waals surface area contributed by atoms with E-state index < -0.39 is 0 Å². The Balaban J connectivity index is 2.54. The van der Waals surface area contributed by atoms with E-state index in [1.807, 2.05) is 26.0 Å². The number of rotatable bonds is 1. The molecule has 2 rings (SSSR count). The van der Waals surface area contributed by atoms with Crippen molar-refractivity contribution in [1.82, 2.24) is 4.98 Å². The van der Waals surface area contributed by atoms with Gasteiger partial charge in [-0.25, -0.2) is 0 Å². The quantitative estimate of drug-likeness (QED) is 0.684. The fourth-order valence-electron chi connectivity index (χ4n) is 1.41. The molecule has 0 aromatic carbocycles. The summed E-state index contributed by atoms with van der Waals surface area (Å²) in [7, 11) is 0. The monoisotopic (exact) mass is 161 g/mol. The highest BCUT2D eigenvalue weighted by molar-refractivity contribution is 5.61. The van der Waals surface area contributed by atoms with Gasteiger partial charge in [0.05, 0.1) is 6.26 Å². The van der Waals surface area contributed by atoms with Crippen LogP contribution in [-0.2, 0) is 0 Å². The van der Waals surface area contributed by atoms with E-state index in [9.17, 15) is 0 Å². The van der Waals surface area contributed by atoms with E-state index in [0.29, 0.717) is 0 Å². The van der Waals surface area contributed by atoms with Gasteiger partial charge in [-0.3, -0.25) is 0 Å². The van der Waals surface area contributed by atoms with Gasteiger partial charge in [0.25, 0.3) is 0 Å². The Morgan fingerprint density at radius 2 is 2.17 bits per heavy atom. The standard InChI is InChI=1S/C10H11NO/c1-7-6-9(8(2)11-7)10-4-3-5-12-10/h3-6,11H,1-2H3. The third kappa shape index (κ3) is 1.05. The van der Waals surface area contributed by atoms with Crippen LogP contribution in [0.2, 0.25) is 0 Å². The molecule has 0 saturated carbocycles. The molecule has 0 aliphatic rings. The van der Waals surface area contributed by atoms with Crippen LogP contribution < -0.4 is 0 Å². The number of aryl methyl sites for hydroxylation is 2. The molecule has 0 unspecified atom stereocenters. The second kappa shape index (κ2) is 2.55. The molecule has 0 spiro atoms. The number of aromatic nitrogens is 1. The smallest absolute Gasteiger partial charge is 0.135 e. The van der Waals surface area contributed by atoms with Crippen LogP contribution in [0.25, 0.3) is 11.3 Å². The van der Waals surface area contributed by atoms with Gasteiger partial charge in [0.1, 0.15) is 5.76 Å². The number of hydrogen-bond acceptors (Lipinski definition) is 1. The van der Waals surface area contributed by atoms with Crippen LogP contribution >= 0.6 is 0 Å². The van der Waals surface area contributed by atoms with Crippen molar-refractivity contribution < 1.29 is 4.42 Å². The van der Waals surface area contributed by atoms with E-state index in [2.05, 4.69) is 11.1 Å². The molecular weight excluding hydrogens is 150 g/mol. The van der Waals surface area contributed by atoms with Crippen LogP contribution in [0, 0.1) is 13.8 Å². The molecule has 2 nitrogen and oxygen atoms in total. The first-order valence-electron chi connectivity index (χ1n) is 3.97. The molecule has 0 amide bonds. The number of furan rings is 1. The highest BCUT2D eigenvalue weighted by Gasteiger charge is 2.05. The minimum atomic E-state index is 0.928. The van der Waals surface area contributed by atoms with E-state index in [-0.39, 0.29) is 0 Å². The largest absolute Gasteiger partial charge is 0.464 e. The van der Waals surface area contributed by atoms with Crippen molar-refractivity contribution in [3.8, 4) is 11.3 Å². The summed E-state index contributed by atoms with van der Waals surface area (Å²) in [5.74, 6) is 0.928. The fraction of sp³-hybridized carbons (Fsp3) is 0.200. The first-order chi connectivity index (χ1) is 5.77. The molecule has 62 valence electrons. The fourth-order valence-corrected chi connectivity index (χ4v) is 1.41. The molecule has 12 heavy (non-hydrogen) atoms. The lowest BCUT2D eigenvalue weighted by atomic mass is 10.2. The molecular formula is C10H11NO. The lowest BCUT2D eigenvalue weighted by molar-refractivity contribution is 0.582. The first kappa shape index (κ1) is 7.22. The first-order valence-corrected chi connectivity index (χ1v) is 3.97. The van der Waals surface area contributed by atoms with Crippen LogP contribution in [0.15, 0.2) is 28.9 Å². The molecule has 1 N–H and O–H groups in total. The predicted molar refractivity (Wildman–Crippen MR) is 48.0 cm³/mol. The van der Waals surface area contributed by atoms with Crippen LogP contribution in [-0.4, -0.2) is 4.98 Å². The summed E-state index contributed by atoms with van der Waals surface area (Å²) in [5, 5.41) is 0. The summed E-state index contributed by atoms with van der Waals surface area (Å²) in [6.07, 6.45) is 1.69. The van der Waals surface area contributed by atoms with Crippen molar-refractivity contribution in [3.05, 3.63) is 35.9 Å². The Hall–Kier alpha value is -1.44. The van der Waals surface area contributed by atoms with Gasteiger partial charge < -0.3 is 9.40 Å². The summed E-state index contributed by atoms with van der Waals surface area (Å²) >= 11 is 0. The number of H-pyrrole nitrogens is 1. The molecule has 0 fully saturated rings. The summed E-state index contributed by atoms with van der Waals surface area (Å²) in [4.78, 5) is 3.24. The zero-order valence-corrected chi connectivity index (χ0v) is 7.22. The number of nitrogens with one attached hydrogen (secondary N) is 1. The maximum absolute atomic E-state index is 5.29. The second-order valence-electron chi connectivity index (χ2n) is 2.97. The molecule has 0 bridgehead atoms. The van der Waals surface area contributed by atoms with E-state index in [1.54, 1.807) is 6.26 Å². The molecule has 2 aromatic heterocycles. The highest BCUT2D eigenvalue weighted by atomic mass is 16.3. The maximum atomic E-state index is 5.29. The minimum absolute atomic E-state index is 0.928. The SMILES string of the molecule is Cc1cc(-c2ccco2)c(C)[nH]1. The topological polar surface area (TPSA) is 28.9 Å². The average molecular weight is 161 g/mol. The van der Waals surface area contributed by atoms with Gasteiger partial charge in [-0.15, -0.1) is 0 Å². The normalized spacial score (nSPS) is 10.5. The van der Waals surface area contributed by atoms with Gasteiger partial charge in [-0.2, -0.15) is 0 Å². The van der Waals surface area contributed by atoms with Crippen LogP contribution in [0.3, 0.4) is 0 Å². The van der Waals surface area contributed by atoms with Crippen molar-refractivity contribution in [2.75, 3.05) is 0 Å². The molecule has 2 heterocycles. The molecule has 2 heteroatoms. The van der Waals surface area contributed by atoms with Gasteiger partial charge in [0, 0.05) is 17.0 Å². The summed E-state index contributed by atoms with van der Waals surface area (Å²) < 4.78 is 5.29. The van der Waals surface area contributed by atoms with Gasteiger partial charge in [0.15, 0.2) is 0 Å². The highest BCUT2D eigenvalue weighted by Crippen LogP contribution is 2.24. The van der Waals surface area contributed by atoms with Crippen molar-refractivity contribution in [1.29, 1.82) is 0 Å². The Bertz CT molecular complexity index is 370. The Morgan fingerprint density at radius 3 is 2.67 bits per heavy atom. The third-order valence-electron chi connectivity index (χ3n) is 1.94. The number of hydrogen-bond donors (Lipinski definition) is 1. The molecule has 0 aliphatic heterocycles. The van der Waals surface area contributed by atoms with Crippen LogP contribution in [0.4, 0.5) is 0 Å². The lowest BCUT2D eigenvalue weighted by Crippen LogP contribution is -1.74. The van der Waals surface area contributed by atoms with E-state index in [1.165, 1.54) is 5.69 Å². The zero-order valence-electron chi connectivity index (χ0n) is 7.22. The molecule has 0 radical (unpaired) electrons. The van der Waals surface area contributed by atoms with Crippen molar-refractivity contribution in [3.63, 3.8) is 0 Å². The summed E-state index contributed by atoms with van der Waals surface area (Å²) in [5.41, 5.74) is 3.47. The van der Waals surface area contributed by atoms with E-state index in [0.717, 1.165) is 17.0 Å². The Kier molecular flexibility index (Phi) is 1.54. The average Bonchev–Trinajstić information content (AvgIpc) is 2.58. The Labute approximate surface area is 71.2 Å². The molecule has 0 atom stereocenters. The van der Waals surface area contributed by atoms with Crippen LogP contribution in [0.5, 0.6) is 0 Å². The van der Waals surface area contributed by atoms with Gasteiger partial charge in [-0.05, 0) is 32.0 Å². The minimum Gasteiger partial charge on any atom is -0.464 e. The second-order valence-corrected chi connectivity index (χ2v) is 2.97. The zero-order chi connectivity index (χ0) is 8.55. The van der Waals surface area contributed by atoms with Gasteiger partial charge in [-0.1, -0.05) is 0 Å². The summed E-state index contributed by atoms with van der Waals surface area (Å²) in [6.45, 7) is 4.09. The predicted octanol–water partition coefficient (Wildman–Crippen LogP) is 2.89. The molecule has 0 saturated heterocycles. The molecule has 2 aromatic rings. The van der Waals surface area contributed by atoms with Crippen molar-refractivity contribution >= 4 is 0 Å². The maximum Gasteiger partial charge on any atom is 0.135 e. The van der Waals surface area contributed by atoms with Crippen molar-refractivity contribution in [2.24, 2.45) is 0 Å². The van der Waals surface area contributed by atoms with Gasteiger partial charge in [0.2, 0.25) is 0 Å². The Morgan fingerprint density at radius 1 is 1.33 bits per heavy atom. The van der Waals surface area contributed by atoms with E-state index >= 15 is 0 Å². The summed E-state index contributed by atoms with van der Waals surface area (Å²) in [6, 6.07) is 5.96. The van der Waals surface area contributed by atoms with Crippen LogP contribution in [0.1, 0.15) is 11.4 Å². The lowest BCUT2D eigenvalue weighted by Gasteiger charge is -1.91. The molecule has 0 aliphatic carbocycles.